The lowest BCUT2D eigenvalue weighted by Gasteiger charge is -2.19. The molecule has 6 heteroatoms. The number of aliphatic hydroxyl groups excluding tert-OH is 1. The molecule has 0 amide bonds. The van der Waals surface area contributed by atoms with Gasteiger partial charge in [0.1, 0.15) is 10.8 Å². The number of aromatic nitrogens is 1. The number of sulfone groups is 1. The normalized spacial score (nSPS) is 19.5. The van der Waals surface area contributed by atoms with E-state index in [0.717, 1.165) is 5.69 Å². The van der Waals surface area contributed by atoms with Gasteiger partial charge in [-0.25, -0.2) is 13.4 Å². The monoisotopic (exact) mass is 303 g/mol. The van der Waals surface area contributed by atoms with Crippen LogP contribution in [0.2, 0.25) is 0 Å². The molecular formula is C13H21NO3S2. The van der Waals surface area contributed by atoms with Gasteiger partial charge in [-0.3, -0.25) is 0 Å². The molecule has 19 heavy (non-hydrogen) atoms. The molecule has 0 aliphatic heterocycles. The summed E-state index contributed by atoms with van der Waals surface area (Å²) in [5.74, 6) is 0.277. The summed E-state index contributed by atoms with van der Waals surface area (Å²) < 4.78 is 23.6. The Hall–Kier alpha value is -0.460. The fourth-order valence-corrected chi connectivity index (χ4v) is 5.36. The molecule has 1 aromatic rings. The Balaban J connectivity index is 2.00. The predicted molar refractivity (Wildman–Crippen MR) is 77.1 cm³/mol. The Morgan fingerprint density at radius 3 is 2.74 bits per heavy atom. The lowest BCUT2D eigenvalue weighted by molar-refractivity contribution is 0.218. The SMILES string of the molecule is CC(O)CS(=O)(=O)Cc1nc(C2CCCCC2)cs1. The molecule has 1 atom stereocenters. The number of hydrogen-bond donors (Lipinski definition) is 1. The first-order chi connectivity index (χ1) is 8.96. The highest BCUT2D eigenvalue weighted by Gasteiger charge is 2.21. The summed E-state index contributed by atoms with van der Waals surface area (Å²) in [5, 5.41) is 11.8. The molecule has 0 spiro atoms. The Bertz CT molecular complexity index is 502. The molecule has 1 aliphatic rings. The first kappa shape index (κ1) is 14.9. The van der Waals surface area contributed by atoms with Crippen LogP contribution < -0.4 is 0 Å². The van der Waals surface area contributed by atoms with Crippen molar-refractivity contribution >= 4 is 21.2 Å². The van der Waals surface area contributed by atoms with E-state index in [0.29, 0.717) is 10.9 Å². The molecule has 0 bridgehead atoms. The summed E-state index contributed by atoms with van der Waals surface area (Å²) in [6.45, 7) is 1.49. The van der Waals surface area contributed by atoms with Crippen molar-refractivity contribution in [2.24, 2.45) is 0 Å². The van der Waals surface area contributed by atoms with Gasteiger partial charge in [0.25, 0.3) is 0 Å². The van der Waals surface area contributed by atoms with E-state index in [9.17, 15) is 13.5 Å². The Labute approximate surface area is 118 Å². The minimum Gasteiger partial charge on any atom is -0.392 e. The molecule has 1 N–H and O–H groups in total. The van der Waals surface area contributed by atoms with Crippen molar-refractivity contribution < 1.29 is 13.5 Å². The van der Waals surface area contributed by atoms with E-state index >= 15 is 0 Å². The Morgan fingerprint density at radius 1 is 1.42 bits per heavy atom. The van der Waals surface area contributed by atoms with Crippen LogP contribution in [0.5, 0.6) is 0 Å². The van der Waals surface area contributed by atoms with Gasteiger partial charge in [-0.1, -0.05) is 19.3 Å². The molecule has 1 heterocycles. The molecule has 0 radical (unpaired) electrons. The predicted octanol–water partition coefficient (Wildman–Crippen LogP) is 2.49. The molecule has 1 saturated carbocycles. The highest BCUT2D eigenvalue weighted by molar-refractivity contribution is 7.90. The third-order valence-corrected chi connectivity index (χ3v) is 6.18. The highest BCUT2D eigenvalue weighted by atomic mass is 32.2. The molecule has 1 fully saturated rings. The molecule has 0 saturated heterocycles. The van der Waals surface area contributed by atoms with Crippen LogP contribution in [0.1, 0.15) is 55.6 Å². The van der Waals surface area contributed by atoms with Crippen LogP contribution >= 0.6 is 11.3 Å². The van der Waals surface area contributed by atoms with Gasteiger partial charge in [-0.2, -0.15) is 0 Å². The van der Waals surface area contributed by atoms with Crippen molar-refractivity contribution in [1.29, 1.82) is 0 Å². The second-order valence-electron chi connectivity index (χ2n) is 5.40. The average Bonchev–Trinajstić information content (AvgIpc) is 2.76. The molecule has 108 valence electrons. The van der Waals surface area contributed by atoms with E-state index in [1.54, 1.807) is 0 Å². The van der Waals surface area contributed by atoms with Gasteiger partial charge in [0.2, 0.25) is 0 Å². The van der Waals surface area contributed by atoms with Gasteiger partial charge < -0.3 is 5.11 Å². The number of hydrogen-bond acceptors (Lipinski definition) is 5. The number of thiazole rings is 1. The lowest BCUT2D eigenvalue weighted by Crippen LogP contribution is -2.19. The molecular weight excluding hydrogens is 282 g/mol. The highest BCUT2D eigenvalue weighted by Crippen LogP contribution is 2.33. The minimum atomic E-state index is -3.25. The van der Waals surface area contributed by atoms with Crippen LogP contribution in [-0.4, -0.2) is 30.4 Å². The summed E-state index contributed by atoms with van der Waals surface area (Å²) in [4.78, 5) is 4.48. The largest absolute Gasteiger partial charge is 0.392 e. The van der Waals surface area contributed by atoms with E-state index < -0.39 is 15.9 Å². The van der Waals surface area contributed by atoms with Gasteiger partial charge in [0.15, 0.2) is 9.84 Å². The van der Waals surface area contributed by atoms with Gasteiger partial charge in [-0.15, -0.1) is 11.3 Å². The van der Waals surface area contributed by atoms with Crippen LogP contribution in [0.3, 0.4) is 0 Å². The summed E-state index contributed by atoms with van der Waals surface area (Å²) in [6.07, 6.45) is 5.32. The third kappa shape index (κ3) is 4.54. The fourth-order valence-electron chi connectivity index (χ4n) is 2.59. The number of nitrogens with zero attached hydrogens (tertiary/aromatic N) is 1. The maximum Gasteiger partial charge on any atom is 0.159 e. The van der Waals surface area contributed by atoms with Crippen LogP contribution in [0.15, 0.2) is 5.38 Å². The molecule has 1 aromatic heterocycles. The van der Waals surface area contributed by atoms with E-state index in [1.165, 1.54) is 50.4 Å². The molecule has 1 aliphatic carbocycles. The maximum absolute atomic E-state index is 11.8. The van der Waals surface area contributed by atoms with Crippen LogP contribution in [0.25, 0.3) is 0 Å². The van der Waals surface area contributed by atoms with Gasteiger partial charge in [-0.05, 0) is 19.8 Å². The van der Waals surface area contributed by atoms with Crippen molar-refractivity contribution in [3.8, 4) is 0 Å². The van der Waals surface area contributed by atoms with E-state index in [2.05, 4.69) is 4.98 Å². The molecule has 2 rings (SSSR count). The summed E-state index contributed by atoms with van der Waals surface area (Å²) in [5.41, 5.74) is 1.06. The minimum absolute atomic E-state index is 0.0463. The first-order valence-electron chi connectivity index (χ1n) is 6.79. The van der Waals surface area contributed by atoms with Crippen molar-refractivity contribution in [2.75, 3.05) is 5.75 Å². The fraction of sp³-hybridized carbons (Fsp3) is 0.769. The van der Waals surface area contributed by atoms with Crippen molar-refractivity contribution in [3.63, 3.8) is 0 Å². The van der Waals surface area contributed by atoms with Gasteiger partial charge >= 0.3 is 0 Å². The van der Waals surface area contributed by atoms with E-state index in [-0.39, 0.29) is 11.5 Å². The topological polar surface area (TPSA) is 67.3 Å². The lowest BCUT2D eigenvalue weighted by atomic mass is 9.87. The summed E-state index contributed by atoms with van der Waals surface area (Å²) in [7, 11) is -3.25. The van der Waals surface area contributed by atoms with Crippen LogP contribution in [0, 0.1) is 0 Å². The van der Waals surface area contributed by atoms with E-state index in [4.69, 9.17) is 0 Å². The molecule has 4 nitrogen and oxygen atoms in total. The average molecular weight is 303 g/mol. The number of aliphatic hydroxyl groups is 1. The smallest absolute Gasteiger partial charge is 0.159 e. The van der Waals surface area contributed by atoms with Crippen molar-refractivity contribution in [2.45, 2.75) is 56.8 Å². The maximum atomic E-state index is 11.8. The van der Waals surface area contributed by atoms with Gasteiger partial charge in [0.05, 0.1) is 17.6 Å². The second kappa shape index (κ2) is 6.33. The Morgan fingerprint density at radius 2 is 2.11 bits per heavy atom. The van der Waals surface area contributed by atoms with Crippen molar-refractivity contribution in [1.82, 2.24) is 4.98 Å². The first-order valence-corrected chi connectivity index (χ1v) is 9.49. The third-order valence-electron chi connectivity index (χ3n) is 3.43. The standard InChI is InChI=1S/C13H21NO3S2/c1-10(15)8-19(16,17)9-13-14-12(7-18-13)11-5-3-2-4-6-11/h7,10-11,15H,2-6,8-9H2,1H3. The zero-order chi connectivity index (χ0) is 13.9. The zero-order valence-electron chi connectivity index (χ0n) is 11.2. The zero-order valence-corrected chi connectivity index (χ0v) is 12.8. The van der Waals surface area contributed by atoms with Crippen LogP contribution in [0.4, 0.5) is 0 Å². The Kier molecular flexibility index (Phi) is 4.97. The van der Waals surface area contributed by atoms with Gasteiger partial charge in [0, 0.05) is 11.3 Å². The quantitative estimate of drug-likeness (QED) is 0.907. The van der Waals surface area contributed by atoms with Crippen LogP contribution in [-0.2, 0) is 15.6 Å². The molecule has 1 unspecified atom stereocenters. The summed E-state index contributed by atoms with van der Waals surface area (Å²) >= 11 is 1.43. The van der Waals surface area contributed by atoms with E-state index in [1.807, 2.05) is 5.38 Å². The molecule has 0 aromatic carbocycles. The van der Waals surface area contributed by atoms with Crippen molar-refractivity contribution in [3.05, 3.63) is 16.1 Å². The summed E-state index contributed by atoms with van der Waals surface area (Å²) in [6, 6.07) is 0. The number of rotatable bonds is 5. The second-order valence-corrected chi connectivity index (χ2v) is 8.46.